The van der Waals surface area contributed by atoms with Gasteiger partial charge in [-0.25, -0.2) is 4.79 Å². The van der Waals surface area contributed by atoms with E-state index in [0.717, 1.165) is 22.4 Å². The summed E-state index contributed by atoms with van der Waals surface area (Å²) in [6.07, 6.45) is 0.255. The summed E-state index contributed by atoms with van der Waals surface area (Å²) in [5.74, 6) is -1.39. The van der Waals surface area contributed by atoms with E-state index in [9.17, 15) is 14.7 Å². The molecule has 2 rings (SSSR count). The summed E-state index contributed by atoms with van der Waals surface area (Å²) >= 11 is 0. The molecule has 0 unspecified atom stereocenters. The van der Waals surface area contributed by atoms with Crippen LogP contribution in [0, 0.1) is 13.8 Å². The molecular formula is C19H22N2O3. The van der Waals surface area contributed by atoms with Crippen LogP contribution in [0.2, 0.25) is 0 Å². The van der Waals surface area contributed by atoms with Crippen LogP contribution >= 0.6 is 0 Å². The molecule has 126 valence electrons. The highest BCUT2D eigenvalue weighted by molar-refractivity contribution is 5.86. The first-order chi connectivity index (χ1) is 11.5. The summed E-state index contributed by atoms with van der Waals surface area (Å²) in [4.78, 5) is 23.5. The predicted molar refractivity (Wildman–Crippen MR) is 94.1 cm³/mol. The Morgan fingerprint density at radius 2 is 1.62 bits per heavy atom. The van der Waals surface area contributed by atoms with E-state index in [-0.39, 0.29) is 18.9 Å². The van der Waals surface area contributed by atoms with Gasteiger partial charge in [-0.15, -0.1) is 0 Å². The largest absolute Gasteiger partial charge is 0.480 e. The lowest BCUT2D eigenvalue weighted by Crippen LogP contribution is -2.44. The van der Waals surface area contributed by atoms with Gasteiger partial charge < -0.3 is 15.7 Å². The third-order valence-electron chi connectivity index (χ3n) is 3.82. The van der Waals surface area contributed by atoms with Crippen LogP contribution in [0.4, 0.5) is 5.69 Å². The fourth-order valence-electron chi connectivity index (χ4n) is 2.56. The van der Waals surface area contributed by atoms with Gasteiger partial charge in [0.05, 0.1) is 6.54 Å². The van der Waals surface area contributed by atoms with Crippen molar-refractivity contribution >= 4 is 17.6 Å². The van der Waals surface area contributed by atoms with Crippen molar-refractivity contribution in [1.29, 1.82) is 0 Å². The minimum atomic E-state index is -1.04. The van der Waals surface area contributed by atoms with Crippen LogP contribution in [0.15, 0.2) is 48.5 Å². The van der Waals surface area contributed by atoms with Gasteiger partial charge in [-0.2, -0.15) is 0 Å². The molecule has 0 bridgehead atoms. The standard InChI is InChI=1S/C19H22N2O3/c1-13-7-6-8-14(2)18(13)20-12-17(22)21-16(19(23)24)11-15-9-4-3-5-10-15/h3-10,16,20H,11-12H2,1-2H3,(H,21,22)(H,23,24)/t16-/m1/s1. The molecule has 1 amide bonds. The predicted octanol–water partition coefficient (Wildman–Crippen LogP) is 2.53. The number of nitrogens with one attached hydrogen (secondary N) is 2. The molecule has 0 aliphatic heterocycles. The van der Waals surface area contributed by atoms with Crippen LogP contribution in [-0.2, 0) is 16.0 Å². The summed E-state index contributed by atoms with van der Waals surface area (Å²) in [7, 11) is 0. The number of aliphatic carboxylic acids is 1. The number of carbonyl (C=O) groups excluding carboxylic acids is 1. The molecule has 0 aliphatic carbocycles. The maximum Gasteiger partial charge on any atom is 0.326 e. The van der Waals surface area contributed by atoms with Crippen LogP contribution in [0.25, 0.3) is 0 Å². The van der Waals surface area contributed by atoms with E-state index < -0.39 is 12.0 Å². The summed E-state index contributed by atoms with van der Waals surface area (Å²) < 4.78 is 0. The average molecular weight is 326 g/mol. The number of carboxylic acid groups (broad SMARTS) is 1. The van der Waals surface area contributed by atoms with Gasteiger partial charge in [-0.3, -0.25) is 4.79 Å². The number of para-hydroxylation sites is 1. The van der Waals surface area contributed by atoms with E-state index in [2.05, 4.69) is 10.6 Å². The number of anilines is 1. The number of benzene rings is 2. The number of amides is 1. The zero-order valence-corrected chi connectivity index (χ0v) is 13.9. The average Bonchev–Trinajstić information content (AvgIpc) is 2.54. The molecule has 1 atom stereocenters. The molecule has 5 heteroatoms. The zero-order chi connectivity index (χ0) is 17.5. The Balaban J connectivity index is 1.95. The Labute approximate surface area is 141 Å². The van der Waals surface area contributed by atoms with E-state index in [1.54, 1.807) is 0 Å². The Hall–Kier alpha value is -2.82. The van der Waals surface area contributed by atoms with E-state index in [0.29, 0.717) is 0 Å². The second-order valence-corrected chi connectivity index (χ2v) is 5.77. The molecule has 3 N–H and O–H groups in total. The zero-order valence-electron chi connectivity index (χ0n) is 13.9. The Kier molecular flexibility index (Phi) is 5.95. The van der Waals surface area contributed by atoms with Crippen molar-refractivity contribution in [3.63, 3.8) is 0 Å². The summed E-state index contributed by atoms with van der Waals surface area (Å²) in [6.45, 7) is 3.95. The number of carbonyl (C=O) groups is 2. The Bertz CT molecular complexity index is 694. The minimum Gasteiger partial charge on any atom is -0.480 e. The molecule has 0 aliphatic rings. The number of hydrogen-bond donors (Lipinski definition) is 3. The van der Waals surface area contributed by atoms with Crippen molar-refractivity contribution in [3.8, 4) is 0 Å². The Morgan fingerprint density at radius 3 is 2.21 bits per heavy atom. The molecule has 2 aromatic rings. The molecule has 5 nitrogen and oxygen atoms in total. The van der Waals surface area contributed by atoms with Crippen molar-refractivity contribution < 1.29 is 14.7 Å². The van der Waals surface area contributed by atoms with Gasteiger partial charge in [0.2, 0.25) is 5.91 Å². The lowest BCUT2D eigenvalue weighted by molar-refractivity contribution is -0.141. The maximum atomic E-state index is 12.1. The van der Waals surface area contributed by atoms with Gasteiger partial charge in [0.1, 0.15) is 6.04 Å². The summed E-state index contributed by atoms with van der Waals surface area (Å²) in [5, 5.41) is 15.0. The summed E-state index contributed by atoms with van der Waals surface area (Å²) in [5.41, 5.74) is 3.86. The molecule has 0 aromatic heterocycles. The van der Waals surface area contributed by atoms with Crippen LogP contribution < -0.4 is 10.6 Å². The van der Waals surface area contributed by atoms with E-state index in [1.165, 1.54) is 0 Å². The monoisotopic (exact) mass is 326 g/mol. The van der Waals surface area contributed by atoms with Crippen LogP contribution in [0.5, 0.6) is 0 Å². The maximum absolute atomic E-state index is 12.1. The first-order valence-corrected chi connectivity index (χ1v) is 7.83. The highest BCUT2D eigenvalue weighted by atomic mass is 16.4. The highest BCUT2D eigenvalue weighted by Gasteiger charge is 2.20. The van der Waals surface area contributed by atoms with Crippen molar-refractivity contribution in [2.75, 3.05) is 11.9 Å². The normalized spacial score (nSPS) is 11.6. The van der Waals surface area contributed by atoms with E-state index in [1.807, 2.05) is 62.4 Å². The van der Waals surface area contributed by atoms with Crippen LogP contribution in [0.1, 0.15) is 16.7 Å². The van der Waals surface area contributed by atoms with Gasteiger partial charge in [-0.05, 0) is 30.5 Å². The first-order valence-electron chi connectivity index (χ1n) is 7.83. The number of hydrogen-bond acceptors (Lipinski definition) is 3. The highest BCUT2D eigenvalue weighted by Crippen LogP contribution is 2.18. The molecule has 0 saturated carbocycles. The second kappa shape index (κ2) is 8.15. The summed E-state index contributed by atoms with van der Waals surface area (Å²) in [6, 6.07) is 14.2. The van der Waals surface area contributed by atoms with E-state index in [4.69, 9.17) is 0 Å². The molecule has 24 heavy (non-hydrogen) atoms. The van der Waals surface area contributed by atoms with Gasteiger partial charge in [0, 0.05) is 12.1 Å². The lowest BCUT2D eigenvalue weighted by atomic mass is 10.1. The number of rotatable bonds is 7. The Morgan fingerprint density at radius 1 is 1.00 bits per heavy atom. The number of aryl methyl sites for hydroxylation is 2. The molecule has 2 aromatic carbocycles. The minimum absolute atomic E-state index is 0.0320. The topological polar surface area (TPSA) is 78.4 Å². The quantitative estimate of drug-likeness (QED) is 0.730. The van der Waals surface area contributed by atoms with Crippen molar-refractivity contribution in [1.82, 2.24) is 5.32 Å². The fraction of sp³-hybridized carbons (Fsp3) is 0.263. The van der Waals surface area contributed by atoms with Crippen LogP contribution in [-0.4, -0.2) is 29.6 Å². The molecular weight excluding hydrogens is 304 g/mol. The first kappa shape index (κ1) is 17.5. The lowest BCUT2D eigenvalue weighted by Gasteiger charge is -2.16. The fourth-order valence-corrected chi connectivity index (χ4v) is 2.56. The van der Waals surface area contributed by atoms with Gasteiger partial charge >= 0.3 is 5.97 Å². The third-order valence-corrected chi connectivity index (χ3v) is 3.82. The van der Waals surface area contributed by atoms with Crippen molar-refractivity contribution in [2.45, 2.75) is 26.3 Å². The van der Waals surface area contributed by atoms with Gasteiger partial charge in [0.15, 0.2) is 0 Å². The SMILES string of the molecule is Cc1cccc(C)c1NCC(=O)N[C@H](Cc1ccccc1)C(=O)O. The van der Waals surface area contributed by atoms with E-state index >= 15 is 0 Å². The third kappa shape index (κ3) is 4.84. The second-order valence-electron chi connectivity index (χ2n) is 5.77. The smallest absolute Gasteiger partial charge is 0.326 e. The molecule has 0 fully saturated rings. The molecule has 0 heterocycles. The van der Waals surface area contributed by atoms with Crippen molar-refractivity contribution in [2.24, 2.45) is 0 Å². The van der Waals surface area contributed by atoms with Gasteiger partial charge in [0.25, 0.3) is 0 Å². The molecule has 0 spiro atoms. The van der Waals surface area contributed by atoms with Crippen LogP contribution in [0.3, 0.4) is 0 Å². The molecule has 0 saturated heterocycles. The van der Waals surface area contributed by atoms with Gasteiger partial charge in [-0.1, -0.05) is 48.5 Å². The number of carboxylic acids is 1. The van der Waals surface area contributed by atoms with Crippen molar-refractivity contribution in [3.05, 3.63) is 65.2 Å². The molecule has 0 radical (unpaired) electrons.